The molecule has 1 saturated heterocycles. The molecule has 2 unspecified atom stereocenters. The van der Waals surface area contributed by atoms with Gasteiger partial charge < -0.3 is 14.8 Å². The fourth-order valence-electron chi connectivity index (χ4n) is 3.79. The van der Waals surface area contributed by atoms with E-state index in [1.807, 2.05) is 24.3 Å². The zero-order valence-electron chi connectivity index (χ0n) is 18.7. The Morgan fingerprint density at radius 2 is 1.84 bits per heavy atom. The predicted molar refractivity (Wildman–Crippen MR) is 123 cm³/mol. The minimum Gasteiger partial charge on any atom is -0.383 e. The largest absolute Gasteiger partial charge is 0.383 e. The minimum atomic E-state index is -3.73. The summed E-state index contributed by atoms with van der Waals surface area (Å²) in [7, 11) is -2.23. The minimum absolute atomic E-state index is 0.0332. The Bertz CT molecular complexity index is 1020. The number of carbonyl (C=O) groups excluding carboxylic acids is 1. The highest BCUT2D eigenvalue weighted by atomic mass is 32.2. The third kappa shape index (κ3) is 6.60. The number of sulfonamides is 1. The van der Waals surface area contributed by atoms with Gasteiger partial charge in [-0.1, -0.05) is 24.3 Å². The molecule has 1 heterocycles. The van der Waals surface area contributed by atoms with Crippen molar-refractivity contribution in [2.75, 3.05) is 38.7 Å². The molecule has 2 aromatic carbocycles. The summed E-state index contributed by atoms with van der Waals surface area (Å²) in [6.45, 7) is 6.86. The molecule has 1 fully saturated rings. The maximum absolute atomic E-state index is 12.9. The number of nitrogens with zero attached hydrogens (tertiary/aromatic N) is 1. The van der Waals surface area contributed by atoms with Crippen LogP contribution in [0.5, 0.6) is 0 Å². The van der Waals surface area contributed by atoms with Crippen molar-refractivity contribution in [3.05, 3.63) is 59.7 Å². The fourth-order valence-corrected chi connectivity index (χ4v) is 4.85. The van der Waals surface area contributed by atoms with E-state index in [0.717, 1.165) is 18.7 Å². The van der Waals surface area contributed by atoms with Crippen molar-refractivity contribution in [3.8, 4) is 0 Å². The third-order valence-corrected chi connectivity index (χ3v) is 6.62. The average Bonchev–Trinajstić information content (AvgIpc) is 2.74. The molecule has 0 aromatic heterocycles. The summed E-state index contributed by atoms with van der Waals surface area (Å²) in [6, 6.07) is 13.6. The molecule has 1 aliphatic heterocycles. The summed E-state index contributed by atoms with van der Waals surface area (Å²) in [5.41, 5.74) is 1.96. The normalized spacial score (nSPS) is 19.6. The van der Waals surface area contributed by atoms with Crippen LogP contribution in [-0.4, -0.2) is 64.8 Å². The SMILES string of the molecule is COCCNS(=O)(=O)c1cccc(C(=O)Nc2ccccc2CN2CC(C)OC(C)C2)c1. The van der Waals surface area contributed by atoms with E-state index < -0.39 is 10.0 Å². The Balaban J connectivity index is 1.73. The highest BCUT2D eigenvalue weighted by Crippen LogP contribution is 2.21. The zero-order chi connectivity index (χ0) is 23.1. The Kier molecular flexibility index (Phi) is 8.38. The molecule has 3 rings (SSSR count). The van der Waals surface area contributed by atoms with Gasteiger partial charge in [0.1, 0.15) is 0 Å². The lowest BCUT2D eigenvalue weighted by atomic mass is 10.1. The van der Waals surface area contributed by atoms with Crippen LogP contribution in [0.1, 0.15) is 29.8 Å². The molecule has 0 aliphatic carbocycles. The third-order valence-electron chi connectivity index (χ3n) is 5.16. The van der Waals surface area contributed by atoms with Crippen molar-refractivity contribution in [2.45, 2.75) is 37.5 Å². The lowest BCUT2D eigenvalue weighted by Crippen LogP contribution is -2.44. The molecule has 2 N–H and O–H groups in total. The second-order valence-electron chi connectivity index (χ2n) is 7.98. The number of morpholine rings is 1. The highest BCUT2D eigenvalue weighted by Gasteiger charge is 2.23. The number of nitrogens with one attached hydrogen (secondary N) is 2. The molecule has 2 atom stereocenters. The number of carbonyl (C=O) groups is 1. The van der Waals surface area contributed by atoms with Crippen LogP contribution in [-0.2, 0) is 26.0 Å². The summed E-state index contributed by atoms with van der Waals surface area (Å²) in [4.78, 5) is 15.3. The number of ether oxygens (including phenoxy) is 2. The van der Waals surface area contributed by atoms with E-state index in [-0.39, 0.29) is 41.7 Å². The first kappa shape index (κ1) is 24.3. The first-order chi connectivity index (χ1) is 15.3. The standard InChI is InChI=1S/C23H31N3O5S/c1-17-14-26(15-18(2)31-17)16-20-7-4-5-10-22(20)25-23(27)19-8-6-9-21(13-19)32(28,29)24-11-12-30-3/h4-10,13,17-18,24H,11-12,14-16H2,1-3H3,(H,25,27). The van der Waals surface area contributed by atoms with Crippen molar-refractivity contribution in [1.82, 2.24) is 9.62 Å². The fraction of sp³-hybridized carbons (Fsp3) is 0.435. The van der Waals surface area contributed by atoms with Crippen molar-refractivity contribution >= 4 is 21.6 Å². The lowest BCUT2D eigenvalue weighted by molar-refractivity contribution is -0.0704. The van der Waals surface area contributed by atoms with E-state index in [0.29, 0.717) is 12.2 Å². The van der Waals surface area contributed by atoms with Gasteiger partial charge in [0.25, 0.3) is 5.91 Å². The van der Waals surface area contributed by atoms with Gasteiger partial charge in [0, 0.05) is 44.5 Å². The number of para-hydroxylation sites is 1. The summed E-state index contributed by atoms with van der Waals surface area (Å²) in [6.07, 6.45) is 0.311. The highest BCUT2D eigenvalue weighted by molar-refractivity contribution is 7.89. The molecular weight excluding hydrogens is 430 g/mol. The van der Waals surface area contributed by atoms with E-state index in [2.05, 4.69) is 28.8 Å². The molecule has 0 spiro atoms. The second kappa shape index (κ2) is 11.0. The van der Waals surface area contributed by atoms with Crippen LogP contribution < -0.4 is 10.0 Å². The average molecular weight is 462 g/mol. The van der Waals surface area contributed by atoms with Crippen LogP contribution in [0.2, 0.25) is 0 Å². The van der Waals surface area contributed by atoms with Crippen LogP contribution in [0, 0.1) is 0 Å². The van der Waals surface area contributed by atoms with E-state index in [1.54, 1.807) is 12.1 Å². The van der Waals surface area contributed by atoms with Gasteiger partial charge in [0.05, 0.1) is 23.7 Å². The molecule has 174 valence electrons. The maximum atomic E-state index is 12.9. The number of benzene rings is 2. The number of rotatable bonds is 9. The van der Waals surface area contributed by atoms with Gasteiger partial charge >= 0.3 is 0 Å². The molecular formula is C23H31N3O5S. The monoisotopic (exact) mass is 461 g/mol. The zero-order valence-corrected chi connectivity index (χ0v) is 19.5. The van der Waals surface area contributed by atoms with Crippen molar-refractivity contribution < 1.29 is 22.7 Å². The summed E-state index contributed by atoms with van der Waals surface area (Å²) >= 11 is 0. The number of hydrogen-bond acceptors (Lipinski definition) is 6. The number of amides is 1. The van der Waals surface area contributed by atoms with Crippen LogP contribution in [0.15, 0.2) is 53.4 Å². The lowest BCUT2D eigenvalue weighted by Gasteiger charge is -2.35. The van der Waals surface area contributed by atoms with E-state index in [4.69, 9.17) is 9.47 Å². The first-order valence-corrected chi connectivity index (χ1v) is 12.1. The topological polar surface area (TPSA) is 97.0 Å². The molecule has 0 saturated carbocycles. The number of hydrogen-bond donors (Lipinski definition) is 2. The maximum Gasteiger partial charge on any atom is 0.255 e. The number of methoxy groups -OCH3 is 1. The molecule has 32 heavy (non-hydrogen) atoms. The molecule has 8 nitrogen and oxygen atoms in total. The van der Waals surface area contributed by atoms with Gasteiger partial charge in [-0.25, -0.2) is 13.1 Å². The van der Waals surface area contributed by atoms with Gasteiger partial charge in [0.2, 0.25) is 10.0 Å². The summed E-state index contributed by atoms with van der Waals surface area (Å²) in [5.74, 6) is -0.366. The smallest absolute Gasteiger partial charge is 0.255 e. The Morgan fingerprint density at radius 3 is 2.56 bits per heavy atom. The van der Waals surface area contributed by atoms with Crippen molar-refractivity contribution in [1.29, 1.82) is 0 Å². The van der Waals surface area contributed by atoms with E-state index in [1.165, 1.54) is 19.2 Å². The molecule has 2 aromatic rings. The Morgan fingerprint density at radius 1 is 1.12 bits per heavy atom. The molecule has 0 bridgehead atoms. The van der Waals surface area contributed by atoms with E-state index >= 15 is 0 Å². The van der Waals surface area contributed by atoms with Crippen molar-refractivity contribution in [2.24, 2.45) is 0 Å². The van der Waals surface area contributed by atoms with Gasteiger partial charge in [-0.05, 0) is 43.7 Å². The van der Waals surface area contributed by atoms with Gasteiger partial charge in [0.15, 0.2) is 0 Å². The molecule has 9 heteroatoms. The summed E-state index contributed by atoms with van der Waals surface area (Å²) in [5, 5.41) is 2.94. The Labute approximate surface area is 190 Å². The quantitative estimate of drug-likeness (QED) is 0.557. The summed E-state index contributed by atoms with van der Waals surface area (Å²) < 4.78 is 38.0. The predicted octanol–water partition coefficient (Wildman–Crippen LogP) is 2.47. The van der Waals surface area contributed by atoms with Gasteiger partial charge in [-0.3, -0.25) is 9.69 Å². The van der Waals surface area contributed by atoms with Crippen LogP contribution in [0.25, 0.3) is 0 Å². The second-order valence-corrected chi connectivity index (χ2v) is 9.75. The van der Waals surface area contributed by atoms with Crippen molar-refractivity contribution in [3.63, 3.8) is 0 Å². The van der Waals surface area contributed by atoms with Crippen LogP contribution >= 0.6 is 0 Å². The Hall–Kier alpha value is -2.30. The van der Waals surface area contributed by atoms with Gasteiger partial charge in [-0.15, -0.1) is 0 Å². The first-order valence-electron chi connectivity index (χ1n) is 10.6. The van der Waals surface area contributed by atoms with Crippen LogP contribution in [0.3, 0.4) is 0 Å². The van der Waals surface area contributed by atoms with Gasteiger partial charge in [-0.2, -0.15) is 0 Å². The van der Waals surface area contributed by atoms with Crippen LogP contribution in [0.4, 0.5) is 5.69 Å². The van der Waals surface area contributed by atoms with E-state index in [9.17, 15) is 13.2 Å². The molecule has 0 radical (unpaired) electrons. The number of anilines is 1. The molecule has 1 amide bonds. The molecule has 1 aliphatic rings.